The van der Waals surface area contributed by atoms with Crippen molar-refractivity contribution in [3.05, 3.63) is 13.8 Å². The molecule has 2 heteroatoms. The minimum absolute atomic E-state index is 0.356. The van der Waals surface area contributed by atoms with E-state index in [-0.39, 0.29) is 0 Å². The molecule has 0 amide bonds. The van der Waals surface area contributed by atoms with Gasteiger partial charge < -0.3 is 5.11 Å². The standard InChI is InChI=1S/C5H8O2/c1-3-4(2)5(6)7/h4H,1-3H2,(H,6,7). The van der Waals surface area contributed by atoms with Gasteiger partial charge in [0, 0.05) is 0 Å². The van der Waals surface area contributed by atoms with Crippen LogP contribution in [0.4, 0.5) is 0 Å². The molecular weight excluding hydrogens is 92.1 g/mol. The van der Waals surface area contributed by atoms with Crippen LogP contribution in [0.25, 0.3) is 0 Å². The molecule has 0 heterocycles. The molecule has 0 fully saturated rings. The maximum absolute atomic E-state index is 9.83. The van der Waals surface area contributed by atoms with Gasteiger partial charge in [-0.15, -0.1) is 0 Å². The fourth-order valence-electron chi connectivity index (χ4n) is 0.123. The van der Waals surface area contributed by atoms with Gasteiger partial charge in [0.15, 0.2) is 0 Å². The second-order valence-electron chi connectivity index (χ2n) is 1.32. The smallest absolute Gasteiger partial charge is 0.306 e. The van der Waals surface area contributed by atoms with E-state index < -0.39 is 11.9 Å². The predicted octanol–water partition coefficient (Wildman–Crippen LogP) is 0.745. The third kappa shape index (κ3) is 2.20. The Bertz CT molecular complexity index is 68.5. The van der Waals surface area contributed by atoms with Gasteiger partial charge in [0.2, 0.25) is 0 Å². The van der Waals surface area contributed by atoms with Crippen LogP contribution >= 0.6 is 0 Å². The molecule has 0 spiro atoms. The lowest BCUT2D eigenvalue weighted by atomic mass is 10.1. The first-order valence-electron chi connectivity index (χ1n) is 2.03. The fourth-order valence-corrected chi connectivity index (χ4v) is 0.123. The number of rotatable bonds is 2. The second kappa shape index (κ2) is 2.61. The molecule has 0 saturated heterocycles. The van der Waals surface area contributed by atoms with Gasteiger partial charge in [0.1, 0.15) is 0 Å². The van der Waals surface area contributed by atoms with Gasteiger partial charge in [-0.1, -0.05) is 6.92 Å². The summed E-state index contributed by atoms with van der Waals surface area (Å²) in [5.74, 6) is -1.42. The van der Waals surface area contributed by atoms with Gasteiger partial charge >= 0.3 is 5.97 Å². The molecule has 0 aromatic carbocycles. The average Bonchev–Trinajstić information content (AvgIpc) is 1.65. The number of aliphatic carboxylic acids is 1. The quantitative estimate of drug-likeness (QED) is 0.555. The summed E-state index contributed by atoms with van der Waals surface area (Å²) in [6.45, 7) is 6.66. The van der Waals surface area contributed by atoms with Crippen LogP contribution in [0.2, 0.25) is 0 Å². The van der Waals surface area contributed by atoms with Crippen molar-refractivity contribution in [2.24, 2.45) is 5.92 Å². The Morgan fingerprint density at radius 1 is 1.86 bits per heavy atom. The maximum atomic E-state index is 9.83. The van der Waals surface area contributed by atoms with E-state index >= 15 is 0 Å². The largest absolute Gasteiger partial charge is 0.481 e. The van der Waals surface area contributed by atoms with Crippen molar-refractivity contribution >= 4 is 5.97 Å². The van der Waals surface area contributed by atoms with Gasteiger partial charge in [-0.2, -0.15) is 0 Å². The molecular formula is C5H8O2. The third-order valence-corrected chi connectivity index (χ3v) is 0.698. The minimum Gasteiger partial charge on any atom is -0.481 e. The molecule has 0 aliphatic rings. The Morgan fingerprint density at radius 2 is 2.29 bits per heavy atom. The van der Waals surface area contributed by atoms with Crippen molar-refractivity contribution in [2.45, 2.75) is 6.42 Å². The Balaban J connectivity index is 3.34. The Kier molecular flexibility index (Phi) is 2.41. The van der Waals surface area contributed by atoms with Crippen LogP contribution in [0.3, 0.4) is 0 Å². The van der Waals surface area contributed by atoms with E-state index in [4.69, 9.17) is 5.11 Å². The van der Waals surface area contributed by atoms with E-state index in [1.807, 2.05) is 0 Å². The summed E-state index contributed by atoms with van der Waals surface area (Å²) in [5, 5.41) is 8.08. The van der Waals surface area contributed by atoms with Crippen LogP contribution in [-0.4, -0.2) is 11.1 Å². The monoisotopic (exact) mass is 100 g/mol. The molecule has 1 atom stereocenters. The molecule has 1 N–H and O–H groups in total. The lowest BCUT2D eigenvalue weighted by molar-refractivity contribution is -0.140. The lowest BCUT2D eigenvalue weighted by Gasteiger charge is -1.96. The van der Waals surface area contributed by atoms with Gasteiger partial charge in [0.25, 0.3) is 0 Å². The Morgan fingerprint density at radius 3 is 2.29 bits per heavy atom. The summed E-state index contributed by atoms with van der Waals surface area (Å²) in [6.07, 6.45) is 0.356. The van der Waals surface area contributed by atoms with E-state index in [1.54, 1.807) is 0 Å². The molecule has 0 saturated carbocycles. The number of carboxylic acids is 1. The summed E-state index contributed by atoms with van der Waals surface area (Å²) in [6, 6.07) is 0. The van der Waals surface area contributed by atoms with E-state index in [1.165, 1.54) is 0 Å². The summed E-state index contributed by atoms with van der Waals surface area (Å²) in [4.78, 5) is 9.83. The van der Waals surface area contributed by atoms with Crippen LogP contribution < -0.4 is 0 Å². The van der Waals surface area contributed by atoms with Gasteiger partial charge in [-0.3, -0.25) is 4.79 Å². The molecule has 0 aromatic heterocycles. The predicted molar refractivity (Wildman–Crippen MR) is 26.5 cm³/mol. The zero-order valence-corrected chi connectivity index (χ0v) is 4.05. The molecule has 40 valence electrons. The summed E-state index contributed by atoms with van der Waals surface area (Å²) in [5.41, 5.74) is 0. The van der Waals surface area contributed by atoms with E-state index in [9.17, 15) is 4.79 Å². The number of hydrogen-bond donors (Lipinski definition) is 1. The first-order chi connectivity index (χ1) is 3.18. The van der Waals surface area contributed by atoms with Crippen LogP contribution in [0.15, 0.2) is 0 Å². The fraction of sp³-hybridized carbons (Fsp3) is 0.400. The zero-order chi connectivity index (χ0) is 5.86. The lowest BCUT2D eigenvalue weighted by Crippen LogP contribution is -2.07. The van der Waals surface area contributed by atoms with Crippen molar-refractivity contribution in [2.75, 3.05) is 0 Å². The zero-order valence-electron chi connectivity index (χ0n) is 4.05. The number of carbonyl (C=O) groups is 1. The maximum Gasteiger partial charge on any atom is 0.306 e. The molecule has 7 heavy (non-hydrogen) atoms. The van der Waals surface area contributed by atoms with Crippen LogP contribution in [0.5, 0.6) is 0 Å². The Hall–Kier alpha value is -0.530. The summed E-state index contributed by atoms with van der Waals surface area (Å²) in [7, 11) is 0. The van der Waals surface area contributed by atoms with Crippen LogP contribution in [-0.2, 0) is 4.79 Å². The first kappa shape index (κ1) is 6.47. The van der Waals surface area contributed by atoms with Crippen LogP contribution in [0, 0.1) is 19.8 Å². The minimum atomic E-state index is -0.880. The van der Waals surface area contributed by atoms with E-state index in [2.05, 4.69) is 13.8 Å². The topological polar surface area (TPSA) is 37.3 Å². The summed E-state index contributed by atoms with van der Waals surface area (Å²) < 4.78 is 0. The Labute approximate surface area is 43.2 Å². The van der Waals surface area contributed by atoms with Crippen molar-refractivity contribution in [3.63, 3.8) is 0 Å². The average molecular weight is 100 g/mol. The van der Waals surface area contributed by atoms with Gasteiger partial charge in [-0.25, -0.2) is 0 Å². The van der Waals surface area contributed by atoms with Crippen molar-refractivity contribution < 1.29 is 9.90 Å². The highest BCUT2D eigenvalue weighted by atomic mass is 16.4. The van der Waals surface area contributed by atoms with Crippen molar-refractivity contribution in [1.29, 1.82) is 0 Å². The number of carboxylic acid groups (broad SMARTS) is 1. The normalized spacial score (nSPS) is 13.4. The van der Waals surface area contributed by atoms with Crippen LogP contribution in [0.1, 0.15) is 6.42 Å². The number of hydrogen-bond acceptors (Lipinski definition) is 1. The molecule has 2 nitrogen and oxygen atoms in total. The molecule has 0 aromatic rings. The SMILES string of the molecule is [CH2]CC([CH2])C(=O)O. The molecule has 0 aliphatic carbocycles. The van der Waals surface area contributed by atoms with E-state index in [0.29, 0.717) is 6.42 Å². The molecule has 1 unspecified atom stereocenters. The second-order valence-corrected chi connectivity index (χ2v) is 1.32. The highest BCUT2D eigenvalue weighted by molar-refractivity contribution is 5.70. The van der Waals surface area contributed by atoms with Crippen molar-refractivity contribution in [3.8, 4) is 0 Å². The van der Waals surface area contributed by atoms with E-state index in [0.717, 1.165) is 0 Å². The highest BCUT2D eigenvalue weighted by Gasteiger charge is 2.05. The third-order valence-electron chi connectivity index (χ3n) is 0.698. The summed E-state index contributed by atoms with van der Waals surface area (Å²) >= 11 is 0. The molecule has 2 radical (unpaired) electrons. The first-order valence-corrected chi connectivity index (χ1v) is 2.03. The van der Waals surface area contributed by atoms with Gasteiger partial charge in [-0.05, 0) is 13.3 Å². The van der Waals surface area contributed by atoms with Gasteiger partial charge in [0.05, 0.1) is 5.92 Å². The van der Waals surface area contributed by atoms with Crippen molar-refractivity contribution in [1.82, 2.24) is 0 Å². The molecule has 0 aliphatic heterocycles. The molecule has 0 rings (SSSR count). The molecule has 0 bridgehead atoms. The highest BCUT2D eigenvalue weighted by Crippen LogP contribution is 1.96.